The Morgan fingerprint density at radius 3 is 2.29 bits per heavy atom. The van der Waals surface area contributed by atoms with E-state index in [1.54, 1.807) is 12.1 Å². The van der Waals surface area contributed by atoms with Gasteiger partial charge in [-0.15, -0.1) is 0 Å². The van der Waals surface area contributed by atoms with Crippen molar-refractivity contribution in [2.45, 2.75) is 58.3 Å². The second kappa shape index (κ2) is 10.1. The summed E-state index contributed by atoms with van der Waals surface area (Å²) in [5, 5.41) is 8.89. The molecule has 4 nitrogen and oxygen atoms in total. The molecule has 3 N–H and O–H groups in total. The Hall–Kier alpha value is -1.71. The van der Waals surface area contributed by atoms with Crippen LogP contribution < -0.4 is 10.5 Å². The highest BCUT2D eigenvalue weighted by Crippen LogP contribution is 2.20. The summed E-state index contributed by atoms with van der Waals surface area (Å²) in [6.07, 6.45) is 10.1. The number of anilines is 1. The van der Waals surface area contributed by atoms with Crippen molar-refractivity contribution in [3.8, 4) is 5.75 Å². The number of hydrogen-bond donors (Lipinski definition) is 2. The van der Waals surface area contributed by atoms with Gasteiger partial charge in [-0.05, 0) is 18.6 Å². The van der Waals surface area contributed by atoms with E-state index in [0.29, 0.717) is 12.4 Å². The second-order valence-corrected chi connectivity index (χ2v) is 5.38. The molecule has 0 aliphatic rings. The summed E-state index contributed by atoms with van der Waals surface area (Å²) in [6.45, 7) is 2.88. The van der Waals surface area contributed by atoms with Crippen LogP contribution in [0.5, 0.6) is 5.75 Å². The molecular weight excluding hydrogens is 266 g/mol. The van der Waals surface area contributed by atoms with Crippen LogP contribution in [0.4, 0.5) is 5.69 Å². The van der Waals surface area contributed by atoms with Gasteiger partial charge in [0, 0.05) is 11.8 Å². The van der Waals surface area contributed by atoms with Crippen molar-refractivity contribution in [2.75, 3.05) is 12.3 Å². The van der Waals surface area contributed by atoms with Gasteiger partial charge >= 0.3 is 5.97 Å². The average Bonchev–Trinajstić information content (AvgIpc) is 2.45. The van der Waals surface area contributed by atoms with Crippen LogP contribution in [0.2, 0.25) is 0 Å². The number of unbranched alkanes of at least 4 members (excludes halogenated alkanes) is 7. The van der Waals surface area contributed by atoms with Crippen LogP contribution in [0.1, 0.15) is 68.6 Å². The summed E-state index contributed by atoms with van der Waals surface area (Å²) in [6, 6.07) is 4.72. The van der Waals surface area contributed by atoms with Gasteiger partial charge in [0.15, 0.2) is 0 Å². The van der Waals surface area contributed by atoms with E-state index in [2.05, 4.69) is 6.92 Å². The smallest absolute Gasteiger partial charge is 0.337 e. The first kappa shape index (κ1) is 17.3. The third-order valence-electron chi connectivity index (χ3n) is 3.52. The van der Waals surface area contributed by atoms with Crippen molar-refractivity contribution in [1.29, 1.82) is 0 Å². The monoisotopic (exact) mass is 293 g/mol. The molecule has 0 bridgehead atoms. The topological polar surface area (TPSA) is 72.5 Å². The molecule has 4 heteroatoms. The normalized spacial score (nSPS) is 10.5. The lowest BCUT2D eigenvalue weighted by Crippen LogP contribution is -2.03. The summed E-state index contributed by atoms with van der Waals surface area (Å²) in [5.74, 6) is -0.373. The Balaban J connectivity index is 2.13. The third kappa shape index (κ3) is 7.02. The molecule has 0 atom stereocenters. The van der Waals surface area contributed by atoms with Crippen LogP contribution in [0, 0.1) is 0 Å². The van der Waals surface area contributed by atoms with E-state index in [1.165, 1.54) is 51.0 Å². The molecule has 0 unspecified atom stereocenters. The standard InChI is InChI=1S/C17H27NO3/c1-2-3-4-5-6-7-8-9-12-21-14-10-11-15(17(19)20)16(18)13-14/h10-11,13H,2-9,12,18H2,1H3,(H,19,20). The van der Waals surface area contributed by atoms with Crippen molar-refractivity contribution in [3.63, 3.8) is 0 Å². The molecule has 0 fully saturated rings. The molecule has 1 rings (SSSR count). The minimum atomic E-state index is -1.01. The lowest BCUT2D eigenvalue weighted by Gasteiger charge is -2.08. The molecule has 0 spiro atoms. The molecule has 0 aromatic heterocycles. The summed E-state index contributed by atoms with van der Waals surface area (Å²) in [7, 11) is 0. The van der Waals surface area contributed by atoms with Crippen LogP contribution in [0.25, 0.3) is 0 Å². The first-order valence-corrected chi connectivity index (χ1v) is 7.90. The molecule has 1 aromatic rings. The van der Waals surface area contributed by atoms with Crippen molar-refractivity contribution < 1.29 is 14.6 Å². The Kier molecular flexibility index (Phi) is 8.32. The molecule has 0 saturated carbocycles. The summed E-state index contributed by atoms with van der Waals surface area (Å²) < 4.78 is 5.59. The molecule has 0 radical (unpaired) electrons. The van der Waals surface area contributed by atoms with Gasteiger partial charge < -0.3 is 15.6 Å². The van der Waals surface area contributed by atoms with Gasteiger partial charge in [0.25, 0.3) is 0 Å². The molecule has 0 saturated heterocycles. The van der Waals surface area contributed by atoms with Gasteiger partial charge in [0.1, 0.15) is 5.75 Å². The fourth-order valence-electron chi connectivity index (χ4n) is 2.25. The van der Waals surface area contributed by atoms with E-state index in [9.17, 15) is 4.79 Å². The van der Waals surface area contributed by atoms with E-state index in [-0.39, 0.29) is 11.3 Å². The minimum absolute atomic E-state index is 0.120. The fraction of sp³-hybridized carbons (Fsp3) is 0.588. The molecule has 0 aliphatic heterocycles. The van der Waals surface area contributed by atoms with Crippen LogP contribution in [0.3, 0.4) is 0 Å². The van der Waals surface area contributed by atoms with Gasteiger partial charge in [-0.3, -0.25) is 0 Å². The van der Waals surface area contributed by atoms with E-state index >= 15 is 0 Å². The number of aromatic carboxylic acids is 1. The number of benzene rings is 1. The zero-order valence-corrected chi connectivity index (χ0v) is 12.9. The van der Waals surface area contributed by atoms with Crippen molar-refractivity contribution in [3.05, 3.63) is 23.8 Å². The maximum absolute atomic E-state index is 10.8. The third-order valence-corrected chi connectivity index (χ3v) is 3.52. The summed E-state index contributed by atoms with van der Waals surface area (Å²) in [4.78, 5) is 10.8. The second-order valence-electron chi connectivity index (χ2n) is 5.38. The Labute approximate surface area is 127 Å². The van der Waals surface area contributed by atoms with E-state index < -0.39 is 5.97 Å². The number of nitrogens with two attached hydrogens (primary N) is 1. The van der Waals surface area contributed by atoms with E-state index in [4.69, 9.17) is 15.6 Å². The molecule has 118 valence electrons. The predicted molar refractivity (Wildman–Crippen MR) is 85.9 cm³/mol. The van der Waals surface area contributed by atoms with Crippen LogP contribution in [-0.2, 0) is 0 Å². The number of carboxylic acids is 1. The minimum Gasteiger partial charge on any atom is -0.494 e. The van der Waals surface area contributed by atoms with E-state index in [0.717, 1.165) is 6.42 Å². The van der Waals surface area contributed by atoms with Gasteiger partial charge in [-0.2, -0.15) is 0 Å². The number of carbonyl (C=O) groups is 1. The van der Waals surface area contributed by atoms with Gasteiger partial charge in [-0.1, -0.05) is 51.9 Å². The SMILES string of the molecule is CCCCCCCCCCOc1ccc(C(=O)O)c(N)c1. The summed E-state index contributed by atoms with van der Waals surface area (Å²) in [5.41, 5.74) is 6.04. The van der Waals surface area contributed by atoms with Crippen LogP contribution in [0.15, 0.2) is 18.2 Å². The molecular formula is C17H27NO3. The largest absolute Gasteiger partial charge is 0.494 e. The first-order valence-electron chi connectivity index (χ1n) is 7.90. The highest BCUT2D eigenvalue weighted by atomic mass is 16.5. The highest BCUT2D eigenvalue weighted by molar-refractivity contribution is 5.93. The van der Waals surface area contributed by atoms with Crippen LogP contribution in [-0.4, -0.2) is 17.7 Å². The number of nitrogen functional groups attached to an aromatic ring is 1. The molecule has 1 aromatic carbocycles. The molecule has 0 amide bonds. The lowest BCUT2D eigenvalue weighted by atomic mass is 10.1. The van der Waals surface area contributed by atoms with E-state index in [1.807, 2.05) is 0 Å². The molecule has 0 aliphatic carbocycles. The number of carboxylic acid groups (broad SMARTS) is 1. The Bertz CT molecular complexity index is 432. The lowest BCUT2D eigenvalue weighted by molar-refractivity contribution is 0.0698. The summed E-state index contributed by atoms with van der Waals surface area (Å²) >= 11 is 0. The zero-order valence-electron chi connectivity index (χ0n) is 12.9. The van der Waals surface area contributed by atoms with Crippen molar-refractivity contribution in [2.24, 2.45) is 0 Å². The van der Waals surface area contributed by atoms with Gasteiger partial charge in [0.2, 0.25) is 0 Å². The molecule has 21 heavy (non-hydrogen) atoms. The van der Waals surface area contributed by atoms with Gasteiger partial charge in [-0.25, -0.2) is 4.79 Å². The Morgan fingerprint density at radius 1 is 1.10 bits per heavy atom. The van der Waals surface area contributed by atoms with Crippen molar-refractivity contribution in [1.82, 2.24) is 0 Å². The average molecular weight is 293 g/mol. The maximum atomic E-state index is 10.8. The van der Waals surface area contributed by atoms with Crippen LogP contribution >= 0.6 is 0 Å². The molecule has 0 heterocycles. The first-order chi connectivity index (χ1) is 10.1. The number of hydrogen-bond acceptors (Lipinski definition) is 3. The number of rotatable bonds is 11. The quantitative estimate of drug-likeness (QED) is 0.466. The number of ether oxygens (including phenoxy) is 1. The fourth-order valence-corrected chi connectivity index (χ4v) is 2.25. The van der Waals surface area contributed by atoms with Gasteiger partial charge in [0.05, 0.1) is 12.2 Å². The zero-order chi connectivity index (χ0) is 15.5. The van der Waals surface area contributed by atoms with Crippen molar-refractivity contribution >= 4 is 11.7 Å². The Morgan fingerprint density at radius 2 is 1.71 bits per heavy atom. The maximum Gasteiger partial charge on any atom is 0.337 e. The highest BCUT2D eigenvalue weighted by Gasteiger charge is 2.08. The predicted octanol–water partition coefficient (Wildman–Crippen LogP) is 4.49.